The molecule has 8 heteroatoms. The number of nitrogens with zero attached hydrogens (tertiary/aromatic N) is 1. The number of nitrogens with one attached hydrogen (secondary N) is 4. The molecule has 5 aromatic rings. The highest BCUT2D eigenvalue weighted by Crippen LogP contribution is 2.25. The summed E-state index contributed by atoms with van der Waals surface area (Å²) in [5, 5.41) is 6.89. The van der Waals surface area contributed by atoms with Crippen molar-refractivity contribution in [2.45, 2.75) is 57.7 Å². The number of carbonyl (C=O) groups is 2. The molecule has 0 radical (unpaired) electrons. The number of rotatable bonds is 10. The zero-order valence-corrected chi connectivity index (χ0v) is 24.3. The number of carbonyl (C=O) groups excluding carboxylic acids is 2. The van der Waals surface area contributed by atoms with Crippen molar-refractivity contribution in [3.05, 3.63) is 114 Å². The predicted octanol–water partition coefficient (Wildman–Crippen LogP) is 4.77. The largest absolute Gasteiger partial charge is 0.361 e. The molecule has 8 nitrogen and oxygen atoms in total. The van der Waals surface area contributed by atoms with E-state index in [4.69, 9.17) is 5.73 Å². The van der Waals surface area contributed by atoms with Gasteiger partial charge in [0, 0.05) is 47.5 Å². The van der Waals surface area contributed by atoms with Gasteiger partial charge in [-0.2, -0.15) is 0 Å². The van der Waals surface area contributed by atoms with Crippen molar-refractivity contribution in [1.29, 1.82) is 0 Å². The van der Waals surface area contributed by atoms with Gasteiger partial charge in [-0.25, -0.2) is 4.98 Å². The summed E-state index contributed by atoms with van der Waals surface area (Å²) in [6, 6.07) is 24.2. The Bertz CT molecular complexity index is 1650. The van der Waals surface area contributed by atoms with Crippen molar-refractivity contribution >= 4 is 22.7 Å². The first-order valence-corrected chi connectivity index (χ1v) is 14.2. The molecule has 2 aromatic heterocycles. The van der Waals surface area contributed by atoms with Crippen LogP contribution in [-0.2, 0) is 34.4 Å². The first-order chi connectivity index (χ1) is 20.2. The van der Waals surface area contributed by atoms with Gasteiger partial charge in [-0.3, -0.25) is 9.59 Å². The number of H-pyrrole nitrogens is 2. The summed E-state index contributed by atoms with van der Waals surface area (Å²) in [5.74, 6) is 0.0195. The summed E-state index contributed by atoms with van der Waals surface area (Å²) >= 11 is 0. The summed E-state index contributed by atoms with van der Waals surface area (Å²) in [5.41, 5.74) is 12.2. The van der Waals surface area contributed by atoms with Crippen molar-refractivity contribution < 1.29 is 9.59 Å². The molecule has 0 spiro atoms. The van der Waals surface area contributed by atoms with Crippen molar-refractivity contribution in [3.63, 3.8) is 0 Å². The Morgan fingerprint density at radius 3 is 2.36 bits per heavy atom. The molecule has 6 N–H and O–H groups in total. The van der Waals surface area contributed by atoms with Crippen molar-refractivity contribution in [3.8, 4) is 11.4 Å². The van der Waals surface area contributed by atoms with Crippen molar-refractivity contribution in [1.82, 2.24) is 25.6 Å². The monoisotopic (exact) mass is 562 g/mol. The second-order valence-electron chi connectivity index (χ2n) is 11.7. The van der Waals surface area contributed by atoms with Gasteiger partial charge in [0.2, 0.25) is 11.8 Å². The third kappa shape index (κ3) is 6.95. The molecule has 2 heterocycles. The highest BCUT2D eigenvalue weighted by Gasteiger charge is 2.26. The number of aromatic amines is 2. The first-order valence-electron chi connectivity index (χ1n) is 14.2. The molecule has 0 bridgehead atoms. The van der Waals surface area contributed by atoms with Crippen LogP contribution in [0, 0.1) is 0 Å². The van der Waals surface area contributed by atoms with E-state index in [-0.39, 0.29) is 17.7 Å². The van der Waals surface area contributed by atoms with Crippen LogP contribution in [0.5, 0.6) is 0 Å². The summed E-state index contributed by atoms with van der Waals surface area (Å²) in [7, 11) is 0. The topological polar surface area (TPSA) is 129 Å². The van der Waals surface area contributed by atoms with E-state index < -0.39 is 18.0 Å². The van der Waals surface area contributed by atoms with Crippen molar-refractivity contribution in [2.75, 3.05) is 0 Å². The van der Waals surface area contributed by atoms with Crippen LogP contribution < -0.4 is 16.4 Å². The lowest BCUT2D eigenvalue weighted by Crippen LogP contribution is -2.53. The van der Waals surface area contributed by atoms with Gasteiger partial charge in [-0.15, -0.1) is 0 Å². The highest BCUT2D eigenvalue weighted by atomic mass is 16.2. The number of imidazole rings is 1. The molecule has 0 saturated heterocycles. The number of hydrogen-bond donors (Lipinski definition) is 5. The average molecular weight is 563 g/mol. The van der Waals surface area contributed by atoms with Crippen LogP contribution in [0.15, 0.2) is 91.3 Å². The molecule has 0 saturated carbocycles. The molecule has 0 fully saturated rings. The van der Waals surface area contributed by atoms with Crippen LogP contribution in [0.2, 0.25) is 0 Å². The number of nitrogens with two attached hydrogens (primary N) is 1. The average Bonchev–Trinajstić information content (AvgIpc) is 3.63. The second-order valence-corrected chi connectivity index (χ2v) is 11.7. The van der Waals surface area contributed by atoms with Gasteiger partial charge >= 0.3 is 0 Å². The normalized spacial score (nSPS) is 13.0. The van der Waals surface area contributed by atoms with Gasteiger partial charge in [-0.05, 0) is 34.6 Å². The molecule has 0 aliphatic carbocycles. The minimum atomic E-state index is -0.841. The Labute approximate surface area is 246 Å². The van der Waals surface area contributed by atoms with E-state index >= 15 is 0 Å². The Hall–Kier alpha value is -4.69. The first kappa shape index (κ1) is 28.8. The number of para-hydroxylation sites is 1. The maximum absolute atomic E-state index is 13.4. The summed E-state index contributed by atoms with van der Waals surface area (Å²) in [6.07, 6.45) is 4.16. The number of benzene rings is 3. The standard InChI is InChI=1S/C34H38N6O2/c1-34(2,3)25-15-13-23(14-16-25)31-37-21-26(39-31)18-30(33(42)38-19-22-9-5-4-6-10-22)40-32(41)28(35)17-24-20-36-29-12-8-7-11-27(24)29/h4-16,20-21,28,30,36H,17-19,35H2,1-3H3,(H,37,39)(H,38,42)(H,40,41)/t28-,30-/m0/s1. The van der Waals surface area contributed by atoms with E-state index in [0.717, 1.165) is 33.3 Å². The number of fused-ring (bicyclic) bond motifs is 1. The lowest BCUT2D eigenvalue weighted by atomic mass is 9.87. The Morgan fingerprint density at radius 1 is 0.905 bits per heavy atom. The van der Waals surface area contributed by atoms with E-state index in [0.29, 0.717) is 18.8 Å². The number of amides is 2. The molecule has 5 rings (SSSR count). The van der Waals surface area contributed by atoms with Gasteiger partial charge in [0.25, 0.3) is 0 Å². The molecule has 0 aliphatic heterocycles. The van der Waals surface area contributed by atoms with E-state index in [1.165, 1.54) is 5.56 Å². The van der Waals surface area contributed by atoms with Gasteiger partial charge in [0.15, 0.2) is 0 Å². The SMILES string of the molecule is CC(C)(C)c1ccc(-c2ncc(C[C@H](NC(=O)[C@@H](N)Cc3c[nH]c4ccccc34)C(=O)NCc3ccccc3)[nH]2)cc1. The zero-order chi connectivity index (χ0) is 29.7. The minimum Gasteiger partial charge on any atom is -0.361 e. The van der Waals surface area contributed by atoms with E-state index in [2.05, 4.69) is 58.5 Å². The van der Waals surface area contributed by atoms with Crippen LogP contribution in [0.3, 0.4) is 0 Å². The molecular weight excluding hydrogens is 524 g/mol. The van der Waals surface area contributed by atoms with Crippen LogP contribution in [0.1, 0.15) is 43.2 Å². The fourth-order valence-electron chi connectivity index (χ4n) is 4.98. The third-order valence-electron chi connectivity index (χ3n) is 7.47. The van der Waals surface area contributed by atoms with E-state index in [1.54, 1.807) is 6.20 Å². The molecular formula is C34H38N6O2. The Balaban J connectivity index is 1.30. The van der Waals surface area contributed by atoms with Crippen LogP contribution in [-0.4, -0.2) is 38.8 Å². The van der Waals surface area contributed by atoms with Gasteiger partial charge in [0.1, 0.15) is 11.9 Å². The predicted molar refractivity (Wildman–Crippen MR) is 167 cm³/mol. The quantitative estimate of drug-likeness (QED) is 0.168. The molecule has 0 aliphatic rings. The zero-order valence-electron chi connectivity index (χ0n) is 24.3. The van der Waals surface area contributed by atoms with Gasteiger partial charge in [0.05, 0.1) is 6.04 Å². The van der Waals surface area contributed by atoms with Crippen molar-refractivity contribution in [2.24, 2.45) is 5.73 Å². The summed E-state index contributed by atoms with van der Waals surface area (Å²) in [6.45, 7) is 6.88. The smallest absolute Gasteiger partial charge is 0.243 e. The molecule has 3 aromatic carbocycles. The summed E-state index contributed by atoms with van der Waals surface area (Å²) < 4.78 is 0. The maximum Gasteiger partial charge on any atom is 0.243 e. The van der Waals surface area contributed by atoms with Crippen LogP contribution in [0.25, 0.3) is 22.3 Å². The number of aromatic nitrogens is 3. The fraction of sp³-hybridized carbons (Fsp3) is 0.265. The van der Waals surface area contributed by atoms with E-state index in [9.17, 15) is 9.59 Å². The van der Waals surface area contributed by atoms with Gasteiger partial charge in [-0.1, -0.05) is 93.6 Å². The maximum atomic E-state index is 13.4. The van der Waals surface area contributed by atoms with E-state index in [1.807, 2.05) is 72.9 Å². The molecule has 2 amide bonds. The Morgan fingerprint density at radius 2 is 1.62 bits per heavy atom. The minimum absolute atomic E-state index is 0.0560. The Kier molecular flexibility index (Phi) is 8.54. The third-order valence-corrected chi connectivity index (χ3v) is 7.47. The molecule has 216 valence electrons. The molecule has 2 atom stereocenters. The fourth-order valence-corrected chi connectivity index (χ4v) is 4.98. The van der Waals surface area contributed by atoms with Crippen LogP contribution in [0.4, 0.5) is 0 Å². The lowest BCUT2D eigenvalue weighted by molar-refractivity contribution is -0.129. The van der Waals surface area contributed by atoms with Gasteiger partial charge < -0.3 is 26.3 Å². The highest BCUT2D eigenvalue weighted by molar-refractivity contribution is 5.91. The van der Waals surface area contributed by atoms with Crippen LogP contribution >= 0.6 is 0 Å². The molecule has 42 heavy (non-hydrogen) atoms. The summed E-state index contributed by atoms with van der Waals surface area (Å²) in [4.78, 5) is 37.7. The molecule has 0 unspecified atom stereocenters. The number of hydrogen-bond acceptors (Lipinski definition) is 4. The second kappa shape index (κ2) is 12.4. The lowest BCUT2D eigenvalue weighted by Gasteiger charge is -2.20.